The molecule has 0 saturated heterocycles. The molecular weight excluding hydrogens is 234 g/mol. The van der Waals surface area contributed by atoms with Crippen molar-refractivity contribution >= 4 is 0 Å². The molecule has 0 aliphatic carbocycles. The third-order valence-corrected chi connectivity index (χ3v) is 2.93. The topological polar surface area (TPSA) is 38.7 Å². The molecule has 0 aliphatic rings. The summed E-state index contributed by atoms with van der Waals surface area (Å²) in [7, 11) is 0. The van der Waals surface area contributed by atoms with Crippen molar-refractivity contribution in [2.45, 2.75) is 6.42 Å². The Kier molecular flexibility index (Phi) is 3.28. The van der Waals surface area contributed by atoms with Crippen molar-refractivity contribution in [1.82, 2.24) is 15.2 Å². The van der Waals surface area contributed by atoms with Crippen LogP contribution in [0.25, 0.3) is 11.1 Å². The second-order valence-electron chi connectivity index (χ2n) is 4.25. The normalized spacial score (nSPS) is 10.3. The van der Waals surface area contributed by atoms with Crippen LogP contribution in [0.3, 0.4) is 0 Å². The molecule has 91 valence electrons. The number of rotatable bonds is 3. The molecule has 0 amide bonds. The highest BCUT2D eigenvalue weighted by Gasteiger charge is 2.00. The van der Waals surface area contributed by atoms with E-state index in [1.54, 1.807) is 18.6 Å². The number of nitrogens with zero attached hydrogens (tertiary/aromatic N) is 3. The Bertz CT molecular complexity index is 634. The molecule has 3 aromatic rings. The fourth-order valence-electron chi connectivity index (χ4n) is 1.94. The van der Waals surface area contributed by atoms with Gasteiger partial charge in [0.2, 0.25) is 0 Å². The van der Waals surface area contributed by atoms with Crippen molar-refractivity contribution in [2.75, 3.05) is 0 Å². The molecule has 1 aromatic carbocycles. The van der Waals surface area contributed by atoms with Crippen molar-refractivity contribution in [3.8, 4) is 11.1 Å². The molecule has 0 fully saturated rings. The summed E-state index contributed by atoms with van der Waals surface area (Å²) in [6.45, 7) is 0. The second-order valence-corrected chi connectivity index (χ2v) is 4.25. The first-order chi connectivity index (χ1) is 9.42. The molecule has 0 unspecified atom stereocenters. The standard InChI is InChI=1S/C16H12N3/c1-2-9-17-16(3-1)11-13-4-6-14(7-5-13)15-8-10-18-19-12-15/h1,3-10,12H,11H2. The number of aromatic nitrogens is 3. The van der Waals surface area contributed by atoms with E-state index in [1.807, 2.05) is 18.2 Å². The lowest BCUT2D eigenvalue weighted by molar-refractivity contribution is 1.03. The SMILES string of the molecule is [c]1ccc(Cc2ccc(-c3ccnnc3)cc2)nc1. The first-order valence-electron chi connectivity index (χ1n) is 6.09. The molecule has 2 aromatic heterocycles. The van der Waals surface area contributed by atoms with Gasteiger partial charge < -0.3 is 0 Å². The van der Waals surface area contributed by atoms with E-state index in [9.17, 15) is 0 Å². The molecule has 0 N–H and O–H groups in total. The number of hydrogen-bond donors (Lipinski definition) is 0. The molecular formula is C16H12N3. The summed E-state index contributed by atoms with van der Waals surface area (Å²) in [5, 5.41) is 7.67. The maximum atomic E-state index is 4.28. The number of hydrogen-bond acceptors (Lipinski definition) is 3. The van der Waals surface area contributed by atoms with E-state index < -0.39 is 0 Å². The van der Waals surface area contributed by atoms with Crippen molar-refractivity contribution < 1.29 is 0 Å². The number of benzene rings is 1. The van der Waals surface area contributed by atoms with Crippen LogP contribution in [0, 0.1) is 6.07 Å². The highest BCUT2D eigenvalue weighted by Crippen LogP contribution is 2.18. The molecule has 3 nitrogen and oxygen atoms in total. The van der Waals surface area contributed by atoms with Crippen LogP contribution in [0.15, 0.2) is 61.1 Å². The molecule has 0 aliphatic heterocycles. The molecule has 3 rings (SSSR count). The fourth-order valence-corrected chi connectivity index (χ4v) is 1.94. The lowest BCUT2D eigenvalue weighted by atomic mass is 10.0. The minimum absolute atomic E-state index is 0.837. The smallest absolute Gasteiger partial charge is 0.0574 e. The Labute approximate surface area is 112 Å². The van der Waals surface area contributed by atoms with Crippen molar-refractivity contribution in [3.05, 3.63) is 78.4 Å². The second kappa shape index (κ2) is 5.40. The van der Waals surface area contributed by atoms with E-state index in [0.717, 1.165) is 23.2 Å². The molecule has 0 spiro atoms. The van der Waals surface area contributed by atoms with Crippen LogP contribution in [-0.2, 0) is 6.42 Å². The van der Waals surface area contributed by atoms with Crippen LogP contribution in [0.1, 0.15) is 11.3 Å². The maximum absolute atomic E-state index is 4.28. The Hall–Kier alpha value is -2.55. The minimum atomic E-state index is 0.837. The van der Waals surface area contributed by atoms with E-state index in [0.29, 0.717) is 0 Å². The molecule has 3 heteroatoms. The fraction of sp³-hybridized carbons (Fsp3) is 0.0625. The lowest BCUT2D eigenvalue weighted by Gasteiger charge is -2.03. The van der Waals surface area contributed by atoms with E-state index >= 15 is 0 Å². The van der Waals surface area contributed by atoms with Gasteiger partial charge in [-0.05, 0) is 23.3 Å². The Morgan fingerprint density at radius 2 is 1.79 bits per heavy atom. The van der Waals surface area contributed by atoms with E-state index in [-0.39, 0.29) is 0 Å². The molecule has 0 saturated carbocycles. The van der Waals surface area contributed by atoms with Gasteiger partial charge in [0.05, 0.1) is 12.4 Å². The Morgan fingerprint density at radius 1 is 0.895 bits per heavy atom. The van der Waals surface area contributed by atoms with Crippen molar-refractivity contribution in [2.24, 2.45) is 0 Å². The summed E-state index contributed by atoms with van der Waals surface area (Å²) in [6.07, 6.45) is 6.01. The first-order valence-corrected chi connectivity index (χ1v) is 6.09. The average Bonchev–Trinajstić information content (AvgIpc) is 2.50. The van der Waals surface area contributed by atoms with Gasteiger partial charge in [-0.1, -0.05) is 30.3 Å². The monoisotopic (exact) mass is 246 g/mol. The summed E-state index contributed by atoms with van der Waals surface area (Å²) < 4.78 is 0. The van der Waals surface area contributed by atoms with Gasteiger partial charge in [0, 0.05) is 29.9 Å². The van der Waals surface area contributed by atoms with Gasteiger partial charge in [-0.25, -0.2) is 0 Å². The van der Waals surface area contributed by atoms with Gasteiger partial charge in [0.15, 0.2) is 0 Å². The average molecular weight is 246 g/mol. The Morgan fingerprint density at radius 3 is 2.47 bits per heavy atom. The summed E-state index contributed by atoms with van der Waals surface area (Å²) in [4.78, 5) is 4.28. The zero-order chi connectivity index (χ0) is 12.9. The first kappa shape index (κ1) is 11.5. The van der Waals surface area contributed by atoms with Crippen molar-refractivity contribution in [1.29, 1.82) is 0 Å². The molecule has 1 radical (unpaired) electrons. The van der Waals surface area contributed by atoms with Gasteiger partial charge in [-0.15, -0.1) is 0 Å². The third-order valence-electron chi connectivity index (χ3n) is 2.93. The summed E-state index contributed by atoms with van der Waals surface area (Å²) in [5.41, 5.74) is 4.52. The quantitative estimate of drug-likeness (QED) is 0.713. The van der Waals surface area contributed by atoms with E-state index in [4.69, 9.17) is 0 Å². The van der Waals surface area contributed by atoms with Crippen LogP contribution >= 0.6 is 0 Å². The van der Waals surface area contributed by atoms with Gasteiger partial charge in [0.25, 0.3) is 0 Å². The van der Waals surface area contributed by atoms with Gasteiger partial charge in [-0.2, -0.15) is 10.2 Å². The van der Waals surface area contributed by atoms with Crippen LogP contribution in [-0.4, -0.2) is 15.2 Å². The van der Waals surface area contributed by atoms with Gasteiger partial charge >= 0.3 is 0 Å². The van der Waals surface area contributed by atoms with Crippen LogP contribution in [0.2, 0.25) is 0 Å². The predicted octanol–water partition coefficient (Wildman–Crippen LogP) is 2.93. The van der Waals surface area contributed by atoms with Crippen LogP contribution in [0.4, 0.5) is 0 Å². The van der Waals surface area contributed by atoms with Crippen LogP contribution in [0.5, 0.6) is 0 Å². The highest BCUT2D eigenvalue weighted by molar-refractivity contribution is 5.62. The van der Waals surface area contributed by atoms with E-state index in [1.165, 1.54) is 5.56 Å². The largest absolute Gasteiger partial charge is 0.260 e. The van der Waals surface area contributed by atoms with Crippen LogP contribution < -0.4 is 0 Å². The zero-order valence-electron chi connectivity index (χ0n) is 10.3. The minimum Gasteiger partial charge on any atom is -0.260 e. The Balaban J connectivity index is 1.80. The molecule has 19 heavy (non-hydrogen) atoms. The summed E-state index contributed by atoms with van der Waals surface area (Å²) >= 11 is 0. The third kappa shape index (κ3) is 2.83. The predicted molar refractivity (Wildman–Crippen MR) is 73.3 cm³/mol. The summed E-state index contributed by atoms with van der Waals surface area (Å²) in [5.74, 6) is 0. The molecule has 0 atom stereocenters. The zero-order valence-corrected chi connectivity index (χ0v) is 10.3. The number of pyridine rings is 1. The van der Waals surface area contributed by atoms with Gasteiger partial charge in [-0.3, -0.25) is 4.98 Å². The molecule has 0 bridgehead atoms. The summed E-state index contributed by atoms with van der Waals surface area (Å²) in [6, 6.07) is 17.2. The maximum Gasteiger partial charge on any atom is 0.0574 e. The van der Waals surface area contributed by atoms with E-state index in [2.05, 4.69) is 45.5 Å². The molecule has 2 heterocycles. The van der Waals surface area contributed by atoms with Crippen molar-refractivity contribution in [3.63, 3.8) is 0 Å². The highest BCUT2D eigenvalue weighted by atomic mass is 15.1. The van der Waals surface area contributed by atoms with Gasteiger partial charge in [0.1, 0.15) is 0 Å². The lowest BCUT2D eigenvalue weighted by Crippen LogP contribution is -1.91.